The molecule has 1 amide bonds. The number of amides is 1. The molecule has 1 aliphatic heterocycles. The summed E-state index contributed by atoms with van der Waals surface area (Å²) >= 11 is 4.88. The zero-order valence-electron chi connectivity index (χ0n) is 9.09. The van der Waals surface area contributed by atoms with Gasteiger partial charge in [0, 0.05) is 19.7 Å². The number of carbonyl (C=O) groups is 1. The molecule has 0 atom stereocenters. The van der Waals surface area contributed by atoms with Gasteiger partial charge >= 0.3 is 0 Å². The van der Waals surface area contributed by atoms with E-state index in [2.05, 4.69) is 4.98 Å². The van der Waals surface area contributed by atoms with Crippen LogP contribution in [0.2, 0.25) is 0 Å². The molecule has 5 heteroatoms. The lowest BCUT2D eigenvalue weighted by molar-refractivity contribution is -0.125. The van der Waals surface area contributed by atoms with E-state index in [0.29, 0.717) is 0 Å². The van der Waals surface area contributed by atoms with Crippen LogP contribution in [0.25, 0.3) is 0 Å². The van der Waals surface area contributed by atoms with E-state index in [1.54, 1.807) is 6.20 Å². The maximum Gasteiger partial charge on any atom is 0.242 e. The number of nitrogens with zero attached hydrogens (tertiary/aromatic N) is 3. The van der Waals surface area contributed by atoms with Crippen LogP contribution in [0.4, 0.5) is 5.69 Å². The summed E-state index contributed by atoms with van der Waals surface area (Å²) in [7, 11) is 0. The molecular formula is C11H13N3OS. The van der Waals surface area contributed by atoms with E-state index in [-0.39, 0.29) is 5.91 Å². The van der Waals surface area contributed by atoms with Crippen molar-refractivity contribution in [3.05, 3.63) is 24.0 Å². The highest BCUT2D eigenvalue weighted by Gasteiger charge is 2.23. The van der Waals surface area contributed by atoms with Crippen LogP contribution in [-0.2, 0) is 11.2 Å². The summed E-state index contributed by atoms with van der Waals surface area (Å²) in [6.45, 7) is 2.30. The molecule has 4 nitrogen and oxygen atoms in total. The second kappa shape index (κ2) is 4.57. The monoisotopic (exact) mass is 235 g/mol. The minimum absolute atomic E-state index is 0.0771. The topological polar surface area (TPSA) is 36.4 Å². The number of anilines is 1. The average molecular weight is 235 g/mol. The minimum atomic E-state index is -0.0771. The molecule has 0 unspecified atom stereocenters. The van der Waals surface area contributed by atoms with Crippen molar-refractivity contribution >= 4 is 29.3 Å². The van der Waals surface area contributed by atoms with Crippen LogP contribution in [0.5, 0.6) is 0 Å². The number of fused-ring (bicyclic) bond motifs is 1. The van der Waals surface area contributed by atoms with Gasteiger partial charge in [-0.25, -0.2) is 5.01 Å². The smallest absolute Gasteiger partial charge is 0.242 e. The molecule has 0 N–H and O–H groups in total. The Bertz CT molecular complexity index is 421. The molecule has 0 saturated heterocycles. The van der Waals surface area contributed by atoms with E-state index in [1.807, 2.05) is 17.1 Å². The first-order valence-corrected chi connectivity index (χ1v) is 5.67. The van der Waals surface area contributed by atoms with Gasteiger partial charge in [0.25, 0.3) is 0 Å². The Hall–Kier alpha value is -1.49. The van der Waals surface area contributed by atoms with Crippen molar-refractivity contribution in [2.45, 2.75) is 19.8 Å². The molecule has 0 radical (unpaired) electrons. The summed E-state index contributed by atoms with van der Waals surface area (Å²) in [6, 6.07) is 3.84. The summed E-state index contributed by atoms with van der Waals surface area (Å²) in [6.07, 6.45) is 3.71. The maximum atomic E-state index is 11.4. The number of rotatable bonds is 2. The van der Waals surface area contributed by atoms with Crippen LogP contribution in [-0.4, -0.2) is 27.9 Å². The lowest BCUT2D eigenvalue weighted by Gasteiger charge is -2.36. The van der Waals surface area contributed by atoms with Crippen LogP contribution in [0, 0.1) is 0 Å². The summed E-state index contributed by atoms with van der Waals surface area (Å²) in [5, 5.41) is 3.36. The van der Waals surface area contributed by atoms with E-state index in [4.69, 9.17) is 12.2 Å². The number of hydrogen-bond acceptors (Lipinski definition) is 4. The molecule has 2 rings (SSSR count). The molecule has 0 spiro atoms. The highest BCUT2D eigenvalue weighted by molar-refractivity contribution is 7.78. The molecule has 16 heavy (non-hydrogen) atoms. The summed E-state index contributed by atoms with van der Waals surface area (Å²) in [5.41, 5.74) is 3.38. The van der Waals surface area contributed by atoms with Crippen molar-refractivity contribution in [3.8, 4) is 0 Å². The molecule has 84 valence electrons. The fraction of sp³-hybridized carbons (Fsp3) is 0.364. The zero-order chi connectivity index (χ0) is 11.5. The Balaban J connectivity index is 2.37. The standard InChI is InChI=1S/C11H13N3OS/c1-9(15)14(8-16)13-7-3-4-10-11(13)5-2-6-12-10/h2,5-6,8H,3-4,7H2,1H3. The number of thiocarbonyl (C=S) groups is 1. The Morgan fingerprint density at radius 1 is 1.69 bits per heavy atom. The van der Waals surface area contributed by atoms with Crippen LogP contribution >= 0.6 is 12.2 Å². The number of hydrogen-bond donors (Lipinski definition) is 0. The summed E-state index contributed by atoms with van der Waals surface area (Å²) in [4.78, 5) is 15.8. The summed E-state index contributed by atoms with van der Waals surface area (Å²) < 4.78 is 0. The molecule has 1 aliphatic rings. The van der Waals surface area contributed by atoms with E-state index in [9.17, 15) is 4.79 Å². The SMILES string of the molecule is CC(=O)N(C=S)N1CCCc2ncccc21. The fourth-order valence-corrected chi connectivity index (χ4v) is 2.16. The molecule has 2 heterocycles. The van der Waals surface area contributed by atoms with Gasteiger partial charge in [-0.2, -0.15) is 0 Å². The van der Waals surface area contributed by atoms with Gasteiger partial charge in [0.15, 0.2) is 0 Å². The van der Waals surface area contributed by atoms with Gasteiger partial charge in [0.1, 0.15) is 0 Å². The van der Waals surface area contributed by atoms with Gasteiger partial charge in [-0.15, -0.1) is 0 Å². The van der Waals surface area contributed by atoms with Gasteiger partial charge in [-0.3, -0.25) is 14.8 Å². The third-order valence-corrected chi connectivity index (χ3v) is 2.81. The van der Waals surface area contributed by atoms with Crippen LogP contribution in [0.1, 0.15) is 19.0 Å². The number of hydrazine groups is 1. The van der Waals surface area contributed by atoms with Gasteiger partial charge in [-0.1, -0.05) is 12.2 Å². The van der Waals surface area contributed by atoms with Crippen LogP contribution in [0.15, 0.2) is 18.3 Å². The van der Waals surface area contributed by atoms with Crippen molar-refractivity contribution in [1.82, 2.24) is 9.99 Å². The first-order chi connectivity index (χ1) is 7.74. The Labute approximate surface area is 99.8 Å². The molecule has 0 fully saturated rings. The Morgan fingerprint density at radius 2 is 2.50 bits per heavy atom. The minimum Gasteiger partial charge on any atom is -0.276 e. The first kappa shape index (κ1) is 11.0. The maximum absolute atomic E-state index is 11.4. The van der Waals surface area contributed by atoms with E-state index >= 15 is 0 Å². The normalized spacial score (nSPS) is 14.2. The van der Waals surface area contributed by atoms with E-state index in [1.165, 1.54) is 17.4 Å². The molecule has 0 saturated carbocycles. The first-order valence-electron chi connectivity index (χ1n) is 5.20. The third-order valence-electron chi connectivity index (χ3n) is 2.61. The molecule has 0 bridgehead atoms. The van der Waals surface area contributed by atoms with Crippen molar-refractivity contribution < 1.29 is 4.79 Å². The Kier molecular flexibility index (Phi) is 3.14. The van der Waals surface area contributed by atoms with Gasteiger partial charge in [0.2, 0.25) is 5.91 Å². The molecule has 1 aromatic rings. The second-order valence-electron chi connectivity index (χ2n) is 3.66. The van der Waals surface area contributed by atoms with E-state index < -0.39 is 0 Å². The zero-order valence-corrected chi connectivity index (χ0v) is 9.91. The highest BCUT2D eigenvalue weighted by atomic mass is 32.1. The molecule has 0 aromatic carbocycles. The molecule has 1 aromatic heterocycles. The number of pyridine rings is 1. The quantitative estimate of drug-likeness (QED) is 0.729. The van der Waals surface area contributed by atoms with E-state index in [0.717, 1.165) is 30.8 Å². The van der Waals surface area contributed by atoms with Gasteiger partial charge < -0.3 is 0 Å². The fourth-order valence-electron chi connectivity index (χ4n) is 1.90. The highest BCUT2D eigenvalue weighted by Crippen LogP contribution is 2.25. The van der Waals surface area contributed by atoms with Crippen molar-refractivity contribution in [2.24, 2.45) is 0 Å². The number of aryl methyl sites for hydroxylation is 1. The largest absolute Gasteiger partial charge is 0.276 e. The lowest BCUT2D eigenvalue weighted by atomic mass is 10.1. The predicted octanol–water partition coefficient (Wildman–Crippen LogP) is 1.55. The van der Waals surface area contributed by atoms with Crippen molar-refractivity contribution in [2.75, 3.05) is 11.6 Å². The third kappa shape index (κ3) is 1.90. The second-order valence-corrected chi connectivity index (χ2v) is 3.88. The summed E-state index contributed by atoms with van der Waals surface area (Å²) in [5.74, 6) is -0.0771. The average Bonchev–Trinajstić information content (AvgIpc) is 2.30. The Morgan fingerprint density at radius 3 is 3.19 bits per heavy atom. The van der Waals surface area contributed by atoms with Crippen LogP contribution < -0.4 is 5.01 Å². The molecule has 0 aliphatic carbocycles. The van der Waals surface area contributed by atoms with Crippen molar-refractivity contribution in [1.29, 1.82) is 0 Å². The van der Waals surface area contributed by atoms with Gasteiger partial charge in [0.05, 0.1) is 16.9 Å². The lowest BCUT2D eigenvalue weighted by Crippen LogP contribution is -2.47. The predicted molar refractivity (Wildman–Crippen MR) is 66.1 cm³/mol. The number of carbonyl (C=O) groups excluding carboxylic acids is 1. The molecular weight excluding hydrogens is 222 g/mol. The van der Waals surface area contributed by atoms with Crippen molar-refractivity contribution in [3.63, 3.8) is 0 Å². The van der Waals surface area contributed by atoms with Crippen LogP contribution in [0.3, 0.4) is 0 Å². The van der Waals surface area contributed by atoms with Gasteiger partial charge in [-0.05, 0) is 25.0 Å². The number of aromatic nitrogens is 1.